The van der Waals surface area contributed by atoms with Gasteiger partial charge < -0.3 is 46.5 Å². The minimum absolute atomic E-state index is 0.00301. The van der Waals surface area contributed by atoms with Crippen LogP contribution in [-0.4, -0.2) is 124 Å². The number of hydrogen-bond donors (Lipinski definition) is 6. The number of benzene rings is 2. The molecule has 19 heteroatoms. The Morgan fingerprint density at radius 2 is 1.38 bits per heavy atom. The van der Waals surface area contributed by atoms with Crippen molar-refractivity contribution in [2.45, 2.75) is 180 Å². The average molecular weight is 1030 g/mol. The van der Waals surface area contributed by atoms with Crippen LogP contribution in [0, 0.1) is 11.8 Å². The molecule has 74 heavy (non-hydrogen) atoms. The Morgan fingerprint density at radius 3 is 2.03 bits per heavy atom. The van der Waals surface area contributed by atoms with Crippen molar-refractivity contribution in [1.82, 2.24) is 36.5 Å². The number of esters is 2. The third-order valence-corrected chi connectivity index (χ3v) is 12.7. The molecular formula is C55H78N8O11. The maximum atomic E-state index is 14.7. The van der Waals surface area contributed by atoms with E-state index in [0.29, 0.717) is 24.4 Å². The lowest BCUT2D eigenvalue weighted by Crippen LogP contribution is -2.61. The van der Waals surface area contributed by atoms with Gasteiger partial charge in [0.1, 0.15) is 41.1 Å². The number of aromatic nitrogens is 1. The summed E-state index contributed by atoms with van der Waals surface area (Å²) in [4.78, 5) is 116. The van der Waals surface area contributed by atoms with E-state index in [-0.39, 0.29) is 36.9 Å². The summed E-state index contributed by atoms with van der Waals surface area (Å²) in [5, 5.41) is 14.7. The van der Waals surface area contributed by atoms with Crippen LogP contribution in [0.25, 0.3) is 10.9 Å². The van der Waals surface area contributed by atoms with Crippen LogP contribution in [0.5, 0.6) is 0 Å². The summed E-state index contributed by atoms with van der Waals surface area (Å²) < 4.78 is 17.3. The first-order valence-electron chi connectivity index (χ1n) is 25.7. The summed E-state index contributed by atoms with van der Waals surface area (Å²) in [5.74, 6) is -4.38. The van der Waals surface area contributed by atoms with Gasteiger partial charge in [-0.1, -0.05) is 73.9 Å². The first-order chi connectivity index (χ1) is 34.6. The summed E-state index contributed by atoms with van der Waals surface area (Å²) in [5.41, 5.74) is 4.60. The number of piperidine rings is 1. The fraction of sp³-hybridized carbons (Fsp3) is 0.582. The summed E-state index contributed by atoms with van der Waals surface area (Å²) >= 11 is 0. The van der Waals surface area contributed by atoms with E-state index >= 15 is 0 Å². The number of para-hydroxylation sites is 1. The molecule has 2 fully saturated rings. The van der Waals surface area contributed by atoms with E-state index in [2.05, 4.69) is 31.6 Å². The zero-order chi connectivity index (χ0) is 54.5. The van der Waals surface area contributed by atoms with Crippen molar-refractivity contribution in [1.29, 1.82) is 0 Å². The van der Waals surface area contributed by atoms with E-state index in [0.717, 1.165) is 36.6 Å². The lowest BCUT2D eigenvalue weighted by molar-refractivity contribution is -0.158. The molecule has 19 nitrogen and oxygen atoms in total. The normalized spacial score (nSPS) is 19.2. The molecule has 2 heterocycles. The van der Waals surface area contributed by atoms with Gasteiger partial charge in [-0.15, -0.1) is 0 Å². The monoisotopic (exact) mass is 1030 g/mol. The summed E-state index contributed by atoms with van der Waals surface area (Å²) in [7, 11) is 0. The number of amides is 6. The molecule has 8 atom stereocenters. The molecule has 2 aromatic carbocycles. The van der Waals surface area contributed by atoms with E-state index in [1.54, 1.807) is 59.7 Å². The number of nitrogens with one attached hydrogen (secondary N) is 5. The van der Waals surface area contributed by atoms with Gasteiger partial charge in [-0.2, -0.15) is 0 Å². The number of rotatable bonds is 20. The molecule has 2 aliphatic rings. The minimum atomic E-state index is -1.49. The van der Waals surface area contributed by atoms with Gasteiger partial charge in [-0.3, -0.25) is 33.7 Å². The number of hydrogen-bond acceptors (Lipinski definition) is 13. The molecule has 1 saturated heterocycles. The first kappa shape index (κ1) is 58.3. The molecule has 7 N–H and O–H groups in total. The highest BCUT2D eigenvalue weighted by molar-refractivity contribution is 5.99. The standard InChI is InChI=1S/C55H78N8O11/c1-33(51(70)73-54(5,6)7)57-47(66)40(61-52(71)74-55(8,9)10)26-27-46(65)72-44(32-63-31-37-22-15-14-21-36(37)29-43(63)50(69)62-53(2,3)4)41(28-34-18-12-11-13-19-34)59-49(68)42(30-45(56)64)60-48(67)39-25-24-35-20-16-17-23-38(35)58-39/h11-13,16-20,23-25,33,36-37,40-44H,14-15,21-22,26-32H2,1-10H3,(H2,56,64)(H,57,66)(H,59,68)(H,60,67)(H,61,71)(H,62,69)/t33-,36-,37+,40-,41-,42-,43-,44+/m0/s1. The molecule has 5 rings (SSSR count). The minimum Gasteiger partial charge on any atom is -0.459 e. The summed E-state index contributed by atoms with van der Waals surface area (Å²) in [6.45, 7) is 17.6. The van der Waals surface area contributed by atoms with E-state index in [9.17, 15) is 38.4 Å². The molecule has 0 radical (unpaired) electrons. The number of alkyl carbamates (subject to hydrolysis) is 1. The van der Waals surface area contributed by atoms with Crippen molar-refractivity contribution in [3.63, 3.8) is 0 Å². The zero-order valence-corrected chi connectivity index (χ0v) is 44.7. The molecular weight excluding hydrogens is 949 g/mol. The Balaban J connectivity index is 1.51. The van der Waals surface area contributed by atoms with Crippen LogP contribution in [0.4, 0.5) is 4.79 Å². The predicted octanol–water partition coefficient (Wildman–Crippen LogP) is 5.16. The van der Waals surface area contributed by atoms with Crippen LogP contribution in [-0.2, 0) is 49.4 Å². The van der Waals surface area contributed by atoms with Crippen molar-refractivity contribution in [3.8, 4) is 0 Å². The maximum absolute atomic E-state index is 14.7. The first-order valence-corrected chi connectivity index (χ1v) is 25.7. The van der Waals surface area contributed by atoms with Gasteiger partial charge in [0.2, 0.25) is 23.6 Å². The number of carbonyl (C=O) groups is 8. The maximum Gasteiger partial charge on any atom is 0.408 e. The van der Waals surface area contributed by atoms with Crippen LogP contribution < -0.4 is 32.3 Å². The van der Waals surface area contributed by atoms with E-state index < -0.39 is 108 Å². The van der Waals surface area contributed by atoms with Crippen LogP contribution in [0.2, 0.25) is 0 Å². The Morgan fingerprint density at radius 1 is 0.743 bits per heavy atom. The summed E-state index contributed by atoms with van der Waals surface area (Å²) in [6.07, 6.45) is 1.18. The zero-order valence-electron chi connectivity index (χ0n) is 44.7. The van der Waals surface area contributed by atoms with Crippen LogP contribution >= 0.6 is 0 Å². The highest BCUT2D eigenvalue weighted by atomic mass is 16.6. The van der Waals surface area contributed by atoms with Crippen molar-refractivity contribution >= 4 is 58.5 Å². The van der Waals surface area contributed by atoms with E-state index in [4.69, 9.17) is 19.9 Å². The molecule has 0 spiro atoms. The molecule has 3 aromatic rings. The van der Waals surface area contributed by atoms with E-state index in [1.165, 1.54) is 13.0 Å². The lowest BCUT2D eigenvalue weighted by Gasteiger charge is -2.47. The Kier molecular flexibility index (Phi) is 20.1. The predicted molar refractivity (Wildman–Crippen MR) is 278 cm³/mol. The second kappa shape index (κ2) is 25.5. The van der Waals surface area contributed by atoms with E-state index in [1.807, 2.05) is 68.1 Å². The fourth-order valence-electron chi connectivity index (χ4n) is 9.34. The number of pyridine rings is 1. The van der Waals surface area contributed by atoms with Gasteiger partial charge >= 0.3 is 18.0 Å². The molecule has 0 bridgehead atoms. The van der Waals surface area contributed by atoms with Gasteiger partial charge in [0.25, 0.3) is 5.91 Å². The Hall–Kier alpha value is -6.63. The van der Waals surface area contributed by atoms with Gasteiger partial charge in [0, 0.05) is 30.4 Å². The van der Waals surface area contributed by atoms with Crippen molar-refractivity contribution < 1.29 is 52.6 Å². The highest BCUT2D eigenvalue weighted by Crippen LogP contribution is 2.39. The van der Waals surface area contributed by atoms with Gasteiger partial charge in [-0.25, -0.2) is 14.6 Å². The quantitative estimate of drug-likeness (QED) is 0.0632. The van der Waals surface area contributed by atoms with Gasteiger partial charge in [0.15, 0.2) is 0 Å². The number of carbonyl (C=O) groups excluding carboxylic acids is 8. The van der Waals surface area contributed by atoms with Crippen molar-refractivity contribution in [2.75, 3.05) is 13.1 Å². The fourth-order valence-corrected chi connectivity index (χ4v) is 9.34. The SMILES string of the molecule is C[C@H](NC(=O)[C@H](CCC(=O)O[C@H](CN1C[C@H]2CCCC[C@H]2C[C@H]1C(=O)NC(C)(C)C)[C@H](Cc1ccccc1)NC(=O)[C@H](CC(N)=O)NC(=O)c1ccc2ccccc2n1)NC(=O)OC(C)(C)C)C(=O)OC(C)(C)C. The molecule has 1 saturated carbocycles. The molecule has 404 valence electrons. The number of nitrogens with two attached hydrogens (primary N) is 1. The van der Waals surface area contributed by atoms with Crippen LogP contribution in [0.15, 0.2) is 66.7 Å². The Bertz CT molecular complexity index is 2470. The number of ether oxygens (including phenoxy) is 3. The molecule has 0 unspecified atom stereocenters. The summed E-state index contributed by atoms with van der Waals surface area (Å²) in [6, 6.07) is 13.8. The topological polar surface area (TPSA) is 267 Å². The van der Waals surface area contributed by atoms with Gasteiger partial charge in [0.05, 0.1) is 24.0 Å². The highest BCUT2D eigenvalue weighted by Gasteiger charge is 2.43. The van der Waals surface area contributed by atoms with Crippen molar-refractivity contribution in [3.05, 3.63) is 78.0 Å². The smallest absolute Gasteiger partial charge is 0.408 e. The second-order valence-corrected chi connectivity index (χ2v) is 22.7. The number of likely N-dealkylation sites (tertiary alicyclic amines) is 1. The number of fused-ring (bicyclic) bond motifs is 2. The third kappa shape index (κ3) is 18.7. The third-order valence-electron chi connectivity index (χ3n) is 12.7. The van der Waals surface area contributed by atoms with Crippen LogP contribution in [0.3, 0.4) is 0 Å². The average Bonchev–Trinajstić information content (AvgIpc) is 3.30. The number of nitrogens with zero attached hydrogens (tertiary/aromatic N) is 2. The molecule has 6 amide bonds. The molecule has 1 aromatic heterocycles. The number of primary amides is 1. The van der Waals surface area contributed by atoms with Crippen LogP contribution in [0.1, 0.15) is 137 Å². The van der Waals surface area contributed by atoms with Gasteiger partial charge in [-0.05, 0) is 124 Å². The Labute approximate surface area is 434 Å². The second-order valence-electron chi connectivity index (χ2n) is 22.7. The largest absolute Gasteiger partial charge is 0.459 e. The molecule has 1 aliphatic heterocycles. The molecule has 1 aliphatic carbocycles. The lowest BCUT2D eigenvalue weighted by atomic mass is 9.72. The van der Waals surface area contributed by atoms with Crippen molar-refractivity contribution in [2.24, 2.45) is 17.6 Å².